The van der Waals surface area contributed by atoms with E-state index < -0.39 is 0 Å². The van der Waals surface area contributed by atoms with Crippen LogP contribution in [0.15, 0.2) is 12.4 Å². The van der Waals surface area contributed by atoms with Crippen LogP contribution in [0.1, 0.15) is 25.1 Å². The van der Waals surface area contributed by atoms with Crippen molar-refractivity contribution in [2.45, 2.75) is 31.8 Å². The second-order valence-electron chi connectivity index (χ2n) is 4.91. The van der Waals surface area contributed by atoms with Gasteiger partial charge in [-0.05, 0) is 18.8 Å². The van der Waals surface area contributed by atoms with Gasteiger partial charge in [0.25, 0.3) is 0 Å². The summed E-state index contributed by atoms with van der Waals surface area (Å²) in [5, 5.41) is 0. The lowest BCUT2D eigenvalue weighted by Gasteiger charge is -2.19. The first-order valence-electron chi connectivity index (χ1n) is 6.03. The molecule has 1 aromatic heterocycles. The van der Waals surface area contributed by atoms with E-state index in [1.54, 1.807) is 18.1 Å². The minimum absolute atomic E-state index is 0.0336. The number of amides is 1. The quantitative estimate of drug-likeness (QED) is 0.810. The zero-order chi connectivity index (χ0) is 12.4. The lowest BCUT2D eigenvalue weighted by atomic mass is 10.1. The second kappa shape index (κ2) is 4.87. The first kappa shape index (κ1) is 12.1. The fourth-order valence-corrected chi connectivity index (χ4v) is 1.90. The van der Waals surface area contributed by atoms with Crippen molar-refractivity contribution >= 4 is 5.91 Å². The molecule has 5 nitrogen and oxygen atoms in total. The van der Waals surface area contributed by atoms with Gasteiger partial charge in [0.2, 0.25) is 5.91 Å². The maximum atomic E-state index is 11.9. The van der Waals surface area contributed by atoms with E-state index in [2.05, 4.69) is 4.98 Å². The summed E-state index contributed by atoms with van der Waals surface area (Å²) in [6.07, 6.45) is 6.42. The van der Waals surface area contributed by atoms with Crippen LogP contribution in [-0.2, 0) is 18.4 Å². The molecule has 1 aromatic rings. The van der Waals surface area contributed by atoms with Crippen LogP contribution in [-0.4, -0.2) is 33.4 Å². The van der Waals surface area contributed by atoms with Gasteiger partial charge in [0, 0.05) is 39.0 Å². The average molecular weight is 236 g/mol. The molecule has 0 spiro atoms. The number of imidazole rings is 1. The molecule has 0 aromatic carbocycles. The van der Waals surface area contributed by atoms with Crippen molar-refractivity contribution in [2.75, 3.05) is 7.05 Å². The third kappa shape index (κ3) is 3.06. The van der Waals surface area contributed by atoms with Gasteiger partial charge in [-0.2, -0.15) is 0 Å². The van der Waals surface area contributed by atoms with Crippen molar-refractivity contribution in [1.29, 1.82) is 0 Å². The predicted octanol–water partition coefficient (Wildman–Crippen LogP) is 0.506. The largest absolute Gasteiger partial charge is 0.338 e. The summed E-state index contributed by atoms with van der Waals surface area (Å²) in [6.45, 7) is 0.541. The Hall–Kier alpha value is -1.36. The molecular formula is C12H20N4O. The van der Waals surface area contributed by atoms with Crippen LogP contribution in [0.4, 0.5) is 0 Å². The molecule has 0 saturated heterocycles. The number of aromatic nitrogens is 2. The van der Waals surface area contributed by atoms with Gasteiger partial charge in [0.15, 0.2) is 0 Å². The van der Waals surface area contributed by atoms with Crippen LogP contribution < -0.4 is 5.73 Å². The summed E-state index contributed by atoms with van der Waals surface area (Å²) in [7, 11) is 3.73. The van der Waals surface area contributed by atoms with Gasteiger partial charge in [0.1, 0.15) is 5.82 Å². The van der Waals surface area contributed by atoms with E-state index in [1.165, 1.54) is 12.8 Å². The van der Waals surface area contributed by atoms with Gasteiger partial charge in [-0.3, -0.25) is 4.79 Å². The van der Waals surface area contributed by atoms with Crippen LogP contribution in [0.25, 0.3) is 0 Å². The Bertz CT molecular complexity index is 397. The summed E-state index contributed by atoms with van der Waals surface area (Å²) in [5.41, 5.74) is 5.95. The fraction of sp³-hybridized carbons (Fsp3) is 0.667. The van der Waals surface area contributed by atoms with Gasteiger partial charge in [-0.15, -0.1) is 0 Å². The normalized spacial score (nSPS) is 16.9. The third-order valence-corrected chi connectivity index (χ3v) is 3.36. The lowest BCUT2D eigenvalue weighted by Crippen LogP contribution is -2.34. The number of rotatable bonds is 5. The molecule has 17 heavy (non-hydrogen) atoms. The Morgan fingerprint density at radius 1 is 1.71 bits per heavy atom. The van der Waals surface area contributed by atoms with E-state index in [0.717, 1.165) is 5.82 Å². The topological polar surface area (TPSA) is 64.2 Å². The number of carbonyl (C=O) groups excluding carboxylic acids is 1. The van der Waals surface area contributed by atoms with Crippen LogP contribution in [0, 0.1) is 5.92 Å². The van der Waals surface area contributed by atoms with Gasteiger partial charge in [0.05, 0.1) is 6.54 Å². The second-order valence-corrected chi connectivity index (χ2v) is 4.91. The lowest BCUT2D eigenvalue weighted by molar-refractivity contribution is -0.131. The number of nitrogens with two attached hydrogens (primary N) is 1. The monoisotopic (exact) mass is 236 g/mol. The molecule has 1 heterocycles. The van der Waals surface area contributed by atoms with E-state index in [9.17, 15) is 4.79 Å². The first-order chi connectivity index (χ1) is 8.08. The Kier molecular flexibility index (Phi) is 3.47. The van der Waals surface area contributed by atoms with Crippen LogP contribution in [0.5, 0.6) is 0 Å². The molecule has 0 bridgehead atoms. The number of carbonyl (C=O) groups is 1. The number of aryl methyl sites for hydroxylation is 1. The van der Waals surface area contributed by atoms with Crippen molar-refractivity contribution < 1.29 is 4.79 Å². The van der Waals surface area contributed by atoms with E-state index in [1.807, 2.05) is 17.8 Å². The SMILES string of the molecule is CN(Cc1nccn1C)C(=O)CC(N)C1CC1. The highest BCUT2D eigenvalue weighted by Crippen LogP contribution is 2.32. The Balaban J connectivity index is 1.84. The van der Waals surface area contributed by atoms with Crippen molar-refractivity contribution in [3.05, 3.63) is 18.2 Å². The molecule has 94 valence electrons. The Morgan fingerprint density at radius 2 is 2.41 bits per heavy atom. The maximum absolute atomic E-state index is 11.9. The fourth-order valence-electron chi connectivity index (χ4n) is 1.90. The van der Waals surface area contributed by atoms with Crippen molar-refractivity contribution in [3.63, 3.8) is 0 Å². The van der Waals surface area contributed by atoms with Gasteiger partial charge < -0.3 is 15.2 Å². The summed E-state index contributed by atoms with van der Waals surface area (Å²) in [4.78, 5) is 17.8. The summed E-state index contributed by atoms with van der Waals surface area (Å²) in [6, 6.07) is 0.0336. The molecule has 2 rings (SSSR count). The third-order valence-electron chi connectivity index (χ3n) is 3.36. The summed E-state index contributed by atoms with van der Waals surface area (Å²) in [5.74, 6) is 1.56. The van der Waals surface area contributed by atoms with Crippen molar-refractivity contribution in [2.24, 2.45) is 18.7 Å². The highest BCUT2D eigenvalue weighted by molar-refractivity contribution is 5.76. The van der Waals surface area contributed by atoms with E-state index >= 15 is 0 Å². The van der Waals surface area contributed by atoms with E-state index in [4.69, 9.17) is 5.73 Å². The smallest absolute Gasteiger partial charge is 0.224 e. The summed E-state index contributed by atoms with van der Waals surface area (Å²) < 4.78 is 1.92. The van der Waals surface area contributed by atoms with E-state index in [0.29, 0.717) is 18.9 Å². The molecule has 1 unspecified atom stereocenters. The van der Waals surface area contributed by atoms with Crippen molar-refractivity contribution in [3.8, 4) is 0 Å². The first-order valence-corrected chi connectivity index (χ1v) is 6.03. The zero-order valence-electron chi connectivity index (χ0n) is 10.5. The molecule has 1 atom stereocenters. The van der Waals surface area contributed by atoms with Crippen LogP contribution in [0.2, 0.25) is 0 Å². The molecule has 1 aliphatic rings. The molecule has 2 N–H and O–H groups in total. The molecule has 5 heteroatoms. The molecular weight excluding hydrogens is 216 g/mol. The molecule has 1 fully saturated rings. The minimum Gasteiger partial charge on any atom is -0.338 e. The molecule has 1 aliphatic carbocycles. The Morgan fingerprint density at radius 3 is 2.94 bits per heavy atom. The highest BCUT2D eigenvalue weighted by atomic mass is 16.2. The maximum Gasteiger partial charge on any atom is 0.224 e. The van der Waals surface area contributed by atoms with Gasteiger partial charge in [-0.25, -0.2) is 4.98 Å². The van der Waals surface area contributed by atoms with Gasteiger partial charge in [-0.1, -0.05) is 0 Å². The average Bonchev–Trinajstić information content (AvgIpc) is 3.05. The standard InChI is InChI=1S/C12H20N4O/c1-15-6-5-14-11(15)8-16(2)12(17)7-10(13)9-3-4-9/h5-6,9-10H,3-4,7-8,13H2,1-2H3. The number of nitrogens with zero attached hydrogens (tertiary/aromatic N) is 3. The molecule has 1 amide bonds. The number of hydrogen-bond acceptors (Lipinski definition) is 3. The number of hydrogen-bond donors (Lipinski definition) is 1. The predicted molar refractivity (Wildman–Crippen MR) is 65.0 cm³/mol. The minimum atomic E-state index is 0.0336. The highest BCUT2D eigenvalue weighted by Gasteiger charge is 2.30. The molecule has 1 saturated carbocycles. The van der Waals surface area contributed by atoms with Crippen molar-refractivity contribution in [1.82, 2.24) is 14.5 Å². The molecule has 0 radical (unpaired) electrons. The summed E-state index contributed by atoms with van der Waals surface area (Å²) >= 11 is 0. The van der Waals surface area contributed by atoms with Crippen LogP contribution in [0.3, 0.4) is 0 Å². The Labute approximate surface area is 102 Å². The van der Waals surface area contributed by atoms with E-state index in [-0.39, 0.29) is 11.9 Å². The van der Waals surface area contributed by atoms with Crippen LogP contribution >= 0.6 is 0 Å². The zero-order valence-corrected chi connectivity index (χ0v) is 10.5. The van der Waals surface area contributed by atoms with Gasteiger partial charge >= 0.3 is 0 Å². The molecule has 0 aliphatic heterocycles.